The Morgan fingerprint density at radius 1 is 1.18 bits per heavy atom. The van der Waals surface area contributed by atoms with Crippen molar-refractivity contribution in [3.8, 4) is 11.5 Å². The molecule has 0 aliphatic heterocycles. The third kappa shape index (κ3) is 7.33. The summed E-state index contributed by atoms with van der Waals surface area (Å²) in [6, 6.07) is 6.51. The SMILES string of the molecule is COc1ccc(NC(=S)N(NC(=O)OC(C)(C)C)[C@H](C)[C@](O)(Cn2cncn2)c2ccc(F)cc2F)c(OC)c1. The van der Waals surface area contributed by atoms with Crippen LogP contribution in [0.4, 0.5) is 19.3 Å². The Morgan fingerprint density at radius 3 is 2.48 bits per heavy atom. The lowest BCUT2D eigenvalue weighted by Gasteiger charge is -2.42. The van der Waals surface area contributed by atoms with Gasteiger partial charge in [0.25, 0.3) is 0 Å². The van der Waals surface area contributed by atoms with Crippen molar-refractivity contribution in [1.29, 1.82) is 0 Å². The lowest BCUT2D eigenvalue weighted by Crippen LogP contribution is -2.61. The number of methoxy groups -OCH3 is 2. The maximum absolute atomic E-state index is 15.1. The van der Waals surface area contributed by atoms with Gasteiger partial charge in [0.15, 0.2) is 5.11 Å². The van der Waals surface area contributed by atoms with Crippen LogP contribution in [0.3, 0.4) is 0 Å². The van der Waals surface area contributed by atoms with Gasteiger partial charge in [0, 0.05) is 17.7 Å². The summed E-state index contributed by atoms with van der Waals surface area (Å²) in [5.74, 6) is -0.944. The van der Waals surface area contributed by atoms with Crippen LogP contribution < -0.4 is 20.2 Å². The monoisotopic (exact) mass is 578 g/mol. The quantitative estimate of drug-likeness (QED) is 0.267. The Bertz CT molecular complexity index is 1340. The second-order valence-corrected chi connectivity index (χ2v) is 10.2. The summed E-state index contributed by atoms with van der Waals surface area (Å²) in [7, 11) is 2.96. The Kier molecular flexibility index (Phi) is 9.48. The molecule has 1 heterocycles. The topological polar surface area (TPSA) is 123 Å². The van der Waals surface area contributed by atoms with Crippen molar-refractivity contribution in [1.82, 2.24) is 25.2 Å². The fourth-order valence-electron chi connectivity index (χ4n) is 3.86. The number of hydrogen-bond acceptors (Lipinski definition) is 8. The number of hydrazine groups is 1. The van der Waals surface area contributed by atoms with Gasteiger partial charge in [0.05, 0.1) is 32.5 Å². The van der Waals surface area contributed by atoms with Crippen molar-refractivity contribution < 1.29 is 32.9 Å². The van der Waals surface area contributed by atoms with E-state index in [2.05, 4.69) is 20.8 Å². The maximum atomic E-state index is 15.1. The highest BCUT2D eigenvalue weighted by Crippen LogP contribution is 2.34. The lowest BCUT2D eigenvalue weighted by molar-refractivity contribution is -0.0574. The van der Waals surface area contributed by atoms with Crippen LogP contribution in [0.1, 0.15) is 33.3 Å². The Hall–Kier alpha value is -4.04. The lowest BCUT2D eigenvalue weighted by atomic mass is 9.86. The van der Waals surface area contributed by atoms with E-state index in [0.717, 1.165) is 17.1 Å². The number of rotatable bonds is 8. The van der Waals surface area contributed by atoms with Crippen molar-refractivity contribution in [2.45, 2.75) is 51.5 Å². The number of anilines is 1. The van der Waals surface area contributed by atoms with E-state index in [0.29, 0.717) is 23.3 Å². The number of halogens is 2. The van der Waals surface area contributed by atoms with E-state index in [1.54, 1.807) is 39.0 Å². The summed E-state index contributed by atoms with van der Waals surface area (Å²) in [4.78, 5) is 16.8. The minimum atomic E-state index is -2.14. The number of thiocarbonyl (C=S) groups is 1. The third-order valence-corrected chi connectivity index (χ3v) is 6.12. The van der Waals surface area contributed by atoms with E-state index < -0.39 is 35.0 Å². The second kappa shape index (κ2) is 12.4. The van der Waals surface area contributed by atoms with Crippen LogP contribution in [0.2, 0.25) is 0 Å². The fraction of sp³-hybridized carbons (Fsp3) is 0.385. The highest BCUT2D eigenvalue weighted by atomic mass is 32.1. The first kappa shape index (κ1) is 30.5. The summed E-state index contributed by atoms with van der Waals surface area (Å²) in [6.45, 7) is 6.18. The normalized spacial score (nSPS) is 13.5. The average Bonchev–Trinajstić information content (AvgIpc) is 3.38. The molecule has 40 heavy (non-hydrogen) atoms. The Morgan fingerprint density at radius 2 is 1.90 bits per heavy atom. The van der Waals surface area contributed by atoms with E-state index in [1.807, 2.05) is 0 Å². The summed E-state index contributed by atoms with van der Waals surface area (Å²) < 4.78 is 46.3. The van der Waals surface area contributed by atoms with Gasteiger partial charge in [-0.25, -0.2) is 28.7 Å². The van der Waals surface area contributed by atoms with Crippen LogP contribution in [0.5, 0.6) is 11.5 Å². The van der Waals surface area contributed by atoms with Gasteiger partial charge in [-0.05, 0) is 58.1 Å². The van der Waals surface area contributed by atoms with Crippen molar-refractivity contribution in [3.63, 3.8) is 0 Å². The molecule has 0 aliphatic carbocycles. The molecule has 1 amide bonds. The standard InChI is InChI=1S/C26H32F2N6O5S/c1-16(26(36,13-33-15-29-14-30-33)19-9-7-17(27)11-20(19)28)34(32-24(35)39-25(2,3)4)23(40)31-21-10-8-18(37-5)12-22(21)38-6/h7-12,14-16,36H,13H2,1-6H3,(H,31,40)(H,32,35)/t16-,26-/m1/s1. The number of nitrogens with zero attached hydrogens (tertiary/aromatic N) is 4. The van der Waals surface area contributed by atoms with Gasteiger partial charge in [0.1, 0.15) is 47.0 Å². The van der Waals surface area contributed by atoms with Crippen molar-refractivity contribution in [2.24, 2.45) is 0 Å². The number of carbonyl (C=O) groups excluding carboxylic acids is 1. The number of hydrogen-bond donors (Lipinski definition) is 3. The van der Waals surface area contributed by atoms with Crippen molar-refractivity contribution in [2.75, 3.05) is 19.5 Å². The van der Waals surface area contributed by atoms with E-state index in [4.69, 9.17) is 26.4 Å². The zero-order valence-electron chi connectivity index (χ0n) is 22.9. The third-order valence-electron chi connectivity index (χ3n) is 5.83. The molecule has 216 valence electrons. The van der Waals surface area contributed by atoms with Gasteiger partial charge in [-0.15, -0.1) is 0 Å². The molecular formula is C26H32F2N6O5S. The van der Waals surface area contributed by atoms with E-state index in [1.165, 1.54) is 38.5 Å². The fourth-order valence-corrected chi connectivity index (χ4v) is 4.17. The molecule has 0 fully saturated rings. The maximum Gasteiger partial charge on any atom is 0.426 e. The molecule has 0 bridgehead atoms. The highest BCUT2D eigenvalue weighted by molar-refractivity contribution is 7.80. The van der Waals surface area contributed by atoms with Crippen LogP contribution in [0.25, 0.3) is 0 Å². The van der Waals surface area contributed by atoms with Gasteiger partial charge in [-0.2, -0.15) is 5.10 Å². The second-order valence-electron chi connectivity index (χ2n) is 9.80. The minimum absolute atomic E-state index is 0.110. The Labute approximate surface area is 236 Å². The number of aliphatic hydroxyl groups is 1. The van der Waals surface area contributed by atoms with Crippen LogP contribution in [-0.4, -0.2) is 61.9 Å². The molecule has 0 spiro atoms. The number of ether oxygens (including phenoxy) is 3. The molecule has 0 aliphatic rings. The number of carbonyl (C=O) groups is 1. The van der Waals surface area contributed by atoms with Gasteiger partial charge < -0.3 is 24.6 Å². The molecule has 2 atom stereocenters. The van der Waals surface area contributed by atoms with E-state index in [9.17, 15) is 14.3 Å². The van der Waals surface area contributed by atoms with Gasteiger partial charge in [-0.3, -0.25) is 5.01 Å². The smallest absolute Gasteiger partial charge is 0.426 e. The first-order chi connectivity index (χ1) is 18.8. The molecular weight excluding hydrogens is 546 g/mol. The molecule has 0 saturated carbocycles. The molecule has 11 nitrogen and oxygen atoms in total. The molecule has 0 saturated heterocycles. The first-order valence-corrected chi connectivity index (χ1v) is 12.5. The van der Waals surface area contributed by atoms with Crippen LogP contribution in [0.15, 0.2) is 49.1 Å². The zero-order valence-corrected chi connectivity index (χ0v) is 23.8. The van der Waals surface area contributed by atoms with Gasteiger partial charge >= 0.3 is 6.09 Å². The highest BCUT2D eigenvalue weighted by Gasteiger charge is 2.44. The van der Waals surface area contributed by atoms with Crippen molar-refractivity contribution in [3.05, 3.63) is 66.3 Å². The van der Waals surface area contributed by atoms with E-state index >= 15 is 4.39 Å². The predicted molar refractivity (Wildman–Crippen MR) is 147 cm³/mol. The molecule has 2 aromatic carbocycles. The number of aromatic nitrogens is 3. The van der Waals surface area contributed by atoms with Crippen LogP contribution in [0, 0.1) is 11.6 Å². The summed E-state index contributed by atoms with van der Waals surface area (Å²) >= 11 is 5.64. The van der Waals surface area contributed by atoms with Crippen LogP contribution >= 0.6 is 12.2 Å². The average molecular weight is 579 g/mol. The molecule has 3 aromatic rings. The predicted octanol–water partition coefficient (Wildman–Crippen LogP) is 3.99. The summed E-state index contributed by atoms with van der Waals surface area (Å²) in [5, 5.41) is 20.1. The molecule has 14 heteroatoms. The zero-order chi connectivity index (χ0) is 29.7. The number of nitrogens with one attached hydrogen (secondary N) is 2. The van der Waals surface area contributed by atoms with Gasteiger partial charge in [-0.1, -0.05) is 6.07 Å². The number of amides is 1. The van der Waals surface area contributed by atoms with Crippen LogP contribution in [-0.2, 0) is 16.9 Å². The molecule has 3 rings (SSSR count). The molecule has 3 N–H and O–H groups in total. The van der Waals surface area contributed by atoms with Crippen molar-refractivity contribution >= 4 is 29.1 Å². The minimum Gasteiger partial charge on any atom is -0.497 e. The van der Waals surface area contributed by atoms with E-state index in [-0.39, 0.29) is 17.2 Å². The summed E-state index contributed by atoms with van der Waals surface area (Å²) in [6.07, 6.45) is 1.67. The first-order valence-electron chi connectivity index (χ1n) is 12.1. The molecule has 0 unspecified atom stereocenters. The molecule has 1 aromatic heterocycles. The Balaban J connectivity index is 2.07. The molecule has 0 radical (unpaired) electrons. The number of benzene rings is 2. The van der Waals surface area contributed by atoms with Gasteiger partial charge in [0.2, 0.25) is 0 Å². The summed E-state index contributed by atoms with van der Waals surface area (Å²) in [5.41, 5.74) is -0.329. The largest absolute Gasteiger partial charge is 0.497 e.